The summed E-state index contributed by atoms with van der Waals surface area (Å²) in [7, 11) is 3.33. The second-order valence-electron chi connectivity index (χ2n) is 6.33. The molecular formula is C20H19Cl2N5O3S. The van der Waals surface area contributed by atoms with E-state index < -0.39 is 0 Å². The molecule has 2 amide bonds. The summed E-state index contributed by atoms with van der Waals surface area (Å²) in [5.41, 5.74) is 0.992. The third-order valence-corrected chi connectivity index (χ3v) is 5.79. The first-order chi connectivity index (χ1) is 14.9. The number of halogens is 2. The van der Waals surface area contributed by atoms with Crippen LogP contribution in [0, 0.1) is 0 Å². The summed E-state index contributed by atoms with van der Waals surface area (Å²) in [5, 5.41) is 15.1. The van der Waals surface area contributed by atoms with Crippen molar-refractivity contribution in [2.24, 2.45) is 7.05 Å². The number of anilines is 1. The Morgan fingerprint density at radius 1 is 1.13 bits per heavy atom. The first-order valence-corrected chi connectivity index (χ1v) is 10.8. The zero-order valence-electron chi connectivity index (χ0n) is 16.7. The number of nitrogens with zero attached hydrogens (tertiary/aromatic N) is 3. The maximum absolute atomic E-state index is 12.3. The molecule has 31 heavy (non-hydrogen) atoms. The molecule has 0 aliphatic heterocycles. The number of ether oxygens (including phenoxy) is 1. The second kappa shape index (κ2) is 10.5. The standard InChI is InChI=1S/C20H19Cl2N5O3S/c1-27-17(10-23-19(29)12-3-6-14(30-2)7-4-12)25-26-20(27)31-11-18(28)24-16-8-5-13(21)9-15(16)22/h3-9H,10-11H2,1-2H3,(H,23,29)(H,24,28). The minimum absolute atomic E-state index is 0.114. The van der Waals surface area contributed by atoms with Gasteiger partial charge in [-0.05, 0) is 42.5 Å². The van der Waals surface area contributed by atoms with Crippen LogP contribution in [0.3, 0.4) is 0 Å². The van der Waals surface area contributed by atoms with Crippen molar-refractivity contribution in [3.8, 4) is 5.75 Å². The number of carbonyl (C=O) groups is 2. The third-order valence-electron chi connectivity index (χ3n) is 4.22. The van der Waals surface area contributed by atoms with Gasteiger partial charge in [-0.1, -0.05) is 35.0 Å². The van der Waals surface area contributed by atoms with E-state index in [1.54, 1.807) is 61.2 Å². The number of benzene rings is 2. The Bertz CT molecular complexity index is 1090. The van der Waals surface area contributed by atoms with Crippen LogP contribution >= 0.6 is 35.0 Å². The van der Waals surface area contributed by atoms with Gasteiger partial charge in [0.2, 0.25) is 5.91 Å². The van der Waals surface area contributed by atoms with Gasteiger partial charge >= 0.3 is 0 Å². The molecule has 0 fully saturated rings. The van der Waals surface area contributed by atoms with Gasteiger partial charge in [-0.2, -0.15) is 0 Å². The molecule has 0 unspecified atom stereocenters. The second-order valence-corrected chi connectivity index (χ2v) is 8.12. The molecule has 0 aliphatic rings. The summed E-state index contributed by atoms with van der Waals surface area (Å²) in [4.78, 5) is 24.5. The number of amides is 2. The van der Waals surface area contributed by atoms with Crippen molar-refractivity contribution in [1.29, 1.82) is 0 Å². The van der Waals surface area contributed by atoms with Crippen molar-refractivity contribution < 1.29 is 14.3 Å². The smallest absolute Gasteiger partial charge is 0.251 e. The fourth-order valence-electron chi connectivity index (χ4n) is 2.54. The molecule has 0 atom stereocenters. The van der Waals surface area contributed by atoms with E-state index in [9.17, 15) is 9.59 Å². The Kier molecular flexibility index (Phi) is 7.78. The average Bonchev–Trinajstić information content (AvgIpc) is 3.12. The van der Waals surface area contributed by atoms with Crippen LogP contribution in [-0.2, 0) is 18.4 Å². The van der Waals surface area contributed by atoms with E-state index in [1.165, 1.54) is 11.8 Å². The lowest BCUT2D eigenvalue weighted by Crippen LogP contribution is -2.24. The van der Waals surface area contributed by atoms with Gasteiger partial charge in [-0.3, -0.25) is 9.59 Å². The number of carbonyl (C=O) groups excluding carboxylic acids is 2. The highest BCUT2D eigenvalue weighted by Gasteiger charge is 2.14. The SMILES string of the molecule is COc1ccc(C(=O)NCc2nnc(SCC(=O)Nc3ccc(Cl)cc3Cl)n2C)cc1. The van der Waals surface area contributed by atoms with Crippen LogP contribution in [0.25, 0.3) is 0 Å². The van der Waals surface area contributed by atoms with E-state index in [-0.39, 0.29) is 24.1 Å². The van der Waals surface area contributed by atoms with Gasteiger partial charge in [-0.15, -0.1) is 10.2 Å². The van der Waals surface area contributed by atoms with Gasteiger partial charge < -0.3 is 19.9 Å². The minimum atomic E-state index is -0.244. The van der Waals surface area contributed by atoms with Crippen molar-refractivity contribution in [3.63, 3.8) is 0 Å². The topological polar surface area (TPSA) is 98.1 Å². The molecule has 1 aromatic heterocycles. The Balaban J connectivity index is 1.52. The first-order valence-electron chi connectivity index (χ1n) is 9.05. The molecule has 0 radical (unpaired) electrons. The van der Waals surface area contributed by atoms with Crippen molar-refractivity contribution in [1.82, 2.24) is 20.1 Å². The normalized spacial score (nSPS) is 10.6. The molecule has 11 heteroatoms. The Hall–Kier alpha value is -2.75. The maximum Gasteiger partial charge on any atom is 0.251 e. The van der Waals surface area contributed by atoms with Gasteiger partial charge in [0.1, 0.15) is 5.75 Å². The van der Waals surface area contributed by atoms with E-state index in [4.69, 9.17) is 27.9 Å². The van der Waals surface area contributed by atoms with Crippen LogP contribution < -0.4 is 15.4 Å². The highest BCUT2D eigenvalue weighted by atomic mass is 35.5. The number of rotatable bonds is 8. The van der Waals surface area contributed by atoms with Gasteiger partial charge in [0.15, 0.2) is 11.0 Å². The molecule has 0 saturated carbocycles. The average molecular weight is 480 g/mol. The van der Waals surface area contributed by atoms with Gasteiger partial charge in [-0.25, -0.2) is 0 Å². The van der Waals surface area contributed by atoms with Crippen molar-refractivity contribution in [2.45, 2.75) is 11.7 Å². The Morgan fingerprint density at radius 2 is 1.87 bits per heavy atom. The molecule has 3 rings (SSSR count). The van der Waals surface area contributed by atoms with E-state index in [0.717, 1.165) is 0 Å². The largest absolute Gasteiger partial charge is 0.497 e. The third kappa shape index (κ3) is 6.13. The molecule has 0 aliphatic carbocycles. The summed E-state index contributed by atoms with van der Waals surface area (Å²) in [5.74, 6) is 0.869. The lowest BCUT2D eigenvalue weighted by atomic mass is 10.2. The molecular weight excluding hydrogens is 461 g/mol. The monoisotopic (exact) mass is 479 g/mol. The van der Waals surface area contributed by atoms with Gasteiger partial charge in [0, 0.05) is 17.6 Å². The zero-order chi connectivity index (χ0) is 22.4. The highest BCUT2D eigenvalue weighted by molar-refractivity contribution is 7.99. The van der Waals surface area contributed by atoms with Crippen LogP contribution in [0.1, 0.15) is 16.2 Å². The zero-order valence-corrected chi connectivity index (χ0v) is 19.0. The number of nitrogens with one attached hydrogen (secondary N) is 2. The minimum Gasteiger partial charge on any atom is -0.497 e. The van der Waals surface area contributed by atoms with E-state index in [1.807, 2.05) is 0 Å². The van der Waals surface area contributed by atoms with Crippen LogP contribution in [0.15, 0.2) is 47.6 Å². The number of methoxy groups -OCH3 is 1. The Labute approximate surface area is 193 Å². The predicted octanol–water partition coefficient (Wildman–Crippen LogP) is 3.79. The predicted molar refractivity (Wildman–Crippen MR) is 121 cm³/mol. The first kappa shape index (κ1) is 22.9. The fourth-order valence-corrected chi connectivity index (χ4v) is 3.72. The lowest BCUT2D eigenvalue weighted by Gasteiger charge is -2.08. The van der Waals surface area contributed by atoms with Crippen LogP contribution in [0.2, 0.25) is 10.0 Å². The molecule has 2 aromatic carbocycles. The van der Waals surface area contributed by atoms with Crippen LogP contribution in [0.4, 0.5) is 5.69 Å². The molecule has 0 bridgehead atoms. The van der Waals surface area contributed by atoms with Crippen LogP contribution in [-0.4, -0.2) is 39.4 Å². The van der Waals surface area contributed by atoms with Gasteiger partial charge in [0.25, 0.3) is 5.91 Å². The summed E-state index contributed by atoms with van der Waals surface area (Å²) >= 11 is 13.1. The van der Waals surface area contributed by atoms with E-state index >= 15 is 0 Å². The molecule has 0 spiro atoms. The number of aromatic nitrogens is 3. The van der Waals surface area contributed by atoms with E-state index in [2.05, 4.69) is 20.8 Å². The maximum atomic E-state index is 12.3. The molecule has 3 aromatic rings. The van der Waals surface area contributed by atoms with Crippen molar-refractivity contribution in [3.05, 3.63) is 63.9 Å². The van der Waals surface area contributed by atoms with E-state index in [0.29, 0.717) is 38.0 Å². The number of hydrogen-bond donors (Lipinski definition) is 2. The number of thioether (sulfide) groups is 1. The van der Waals surface area contributed by atoms with Crippen molar-refractivity contribution >= 4 is 52.5 Å². The molecule has 8 nitrogen and oxygen atoms in total. The highest BCUT2D eigenvalue weighted by Crippen LogP contribution is 2.26. The molecule has 162 valence electrons. The number of hydrogen-bond acceptors (Lipinski definition) is 6. The molecule has 0 saturated heterocycles. The Morgan fingerprint density at radius 3 is 2.55 bits per heavy atom. The van der Waals surface area contributed by atoms with Gasteiger partial charge in [0.05, 0.1) is 30.1 Å². The summed E-state index contributed by atoms with van der Waals surface area (Å²) in [6.07, 6.45) is 0. The summed E-state index contributed by atoms with van der Waals surface area (Å²) in [6, 6.07) is 11.6. The summed E-state index contributed by atoms with van der Waals surface area (Å²) < 4.78 is 6.81. The quantitative estimate of drug-likeness (QED) is 0.476. The lowest BCUT2D eigenvalue weighted by molar-refractivity contribution is -0.113. The fraction of sp³-hybridized carbons (Fsp3) is 0.200. The molecule has 2 N–H and O–H groups in total. The van der Waals surface area contributed by atoms with Crippen LogP contribution in [0.5, 0.6) is 5.75 Å². The summed E-state index contributed by atoms with van der Waals surface area (Å²) in [6.45, 7) is 0.196. The van der Waals surface area contributed by atoms with Crippen molar-refractivity contribution in [2.75, 3.05) is 18.2 Å². The molecule has 1 heterocycles.